The second kappa shape index (κ2) is 5.74. The molecule has 0 saturated heterocycles. The van der Waals surface area contributed by atoms with Gasteiger partial charge in [-0.2, -0.15) is 0 Å². The van der Waals surface area contributed by atoms with Gasteiger partial charge in [0.15, 0.2) is 13.2 Å². The van der Waals surface area contributed by atoms with E-state index in [0.717, 1.165) is 0 Å². The second-order valence-electron chi connectivity index (χ2n) is 2.34. The minimum absolute atomic E-state index is 0.554. The lowest BCUT2D eigenvalue weighted by molar-refractivity contribution is -0.139. The van der Waals surface area contributed by atoms with E-state index in [4.69, 9.17) is 19.3 Å². The highest BCUT2D eigenvalue weighted by atomic mass is 31.2. The number of hydrogen-bond acceptors (Lipinski definition) is 5. The fourth-order valence-electron chi connectivity index (χ4n) is 0.503. The van der Waals surface area contributed by atoms with Crippen molar-refractivity contribution in [2.75, 3.05) is 26.9 Å². The minimum Gasteiger partial charge on any atom is -0.480 e. The molecule has 0 heterocycles. The van der Waals surface area contributed by atoms with Crippen LogP contribution in [0.2, 0.25) is 0 Å². The van der Waals surface area contributed by atoms with E-state index in [1.54, 1.807) is 0 Å². The Labute approximate surface area is 80.9 Å². The zero-order valence-corrected chi connectivity index (χ0v) is 8.73. The first-order valence-corrected chi connectivity index (χ1v) is 5.62. The predicted octanol–water partition coefficient (Wildman–Crippen LogP) is 0.480. The Morgan fingerprint density at radius 1 is 1.21 bits per heavy atom. The van der Waals surface area contributed by atoms with E-state index in [2.05, 4.69) is 4.74 Å². The summed E-state index contributed by atoms with van der Waals surface area (Å²) in [6, 6.07) is 0. The van der Waals surface area contributed by atoms with Gasteiger partial charge in [-0.05, 0) is 0 Å². The average Bonchev–Trinajstić information content (AvgIpc) is 2.11. The van der Waals surface area contributed by atoms with Crippen molar-refractivity contribution in [3.63, 3.8) is 0 Å². The zero-order chi connectivity index (χ0) is 11.2. The summed E-state index contributed by atoms with van der Waals surface area (Å²) in [5.74, 6) is -2.31. The van der Waals surface area contributed by atoms with Crippen LogP contribution in [0.4, 0.5) is 0 Å². The van der Waals surface area contributed by atoms with Gasteiger partial charge >= 0.3 is 11.9 Å². The summed E-state index contributed by atoms with van der Waals surface area (Å²) in [5.41, 5.74) is 0. The summed E-state index contributed by atoms with van der Waals surface area (Å²) >= 11 is 0. The van der Waals surface area contributed by atoms with Crippen LogP contribution in [0.15, 0.2) is 4.74 Å². The SMILES string of the molecule is CN=P(C)(OCC(=O)O)OCC(=O)O. The highest BCUT2D eigenvalue weighted by Gasteiger charge is 2.16. The van der Waals surface area contributed by atoms with E-state index in [1.807, 2.05) is 0 Å². The molecule has 2 N–H and O–H groups in total. The fourth-order valence-corrected chi connectivity index (χ4v) is 1.51. The normalized spacial score (nSPS) is 11.0. The van der Waals surface area contributed by atoms with Crippen molar-refractivity contribution < 1.29 is 28.8 Å². The molecular formula is C6H12NO6P. The van der Waals surface area contributed by atoms with Crippen molar-refractivity contribution in [2.45, 2.75) is 0 Å². The maximum atomic E-state index is 10.2. The first kappa shape index (κ1) is 13.1. The van der Waals surface area contributed by atoms with Crippen molar-refractivity contribution in [1.82, 2.24) is 0 Å². The number of nitrogens with zero attached hydrogens (tertiary/aromatic N) is 1. The number of aliphatic carboxylic acids is 2. The van der Waals surface area contributed by atoms with Crippen molar-refractivity contribution >= 4 is 19.4 Å². The Bertz CT molecular complexity index is 253. The number of carbonyl (C=O) groups is 2. The highest BCUT2D eigenvalue weighted by Crippen LogP contribution is 2.47. The Morgan fingerprint density at radius 3 is 1.79 bits per heavy atom. The highest BCUT2D eigenvalue weighted by molar-refractivity contribution is 7.55. The third kappa shape index (κ3) is 5.69. The molecule has 0 unspecified atom stereocenters. The van der Waals surface area contributed by atoms with Crippen LogP contribution in [0.25, 0.3) is 0 Å². The molecule has 14 heavy (non-hydrogen) atoms. The van der Waals surface area contributed by atoms with Gasteiger partial charge in [0.2, 0.25) is 7.51 Å². The van der Waals surface area contributed by atoms with Crippen LogP contribution in [0.1, 0.15) is 0 Å². The fraction of sp³-hybridized carbons (Fsp3) is 0.667. The molecule has 0 bridgehead atoms. The quantitative estimate of drug-likeness (QED) is 0.637. The molecule has 0 saturated carbocycles. The molecule has 0 amide bonds. The van der Waals surface area contributed by atoms with Gasteiger partial charge in [0.05, 0.1) is 0 Å². The van der Waals surface area contributed by atoms with Gasteiger partial charge in [0, 0.05) is 13.7 Å². The molecule has 0 aromatic rings. The Hall–Kier alpha value is -0.910. The molecule has 0 aromatic carbocycles. The van der Waals surface area contributed by atoms with E-state index in [9.17, 15) is 9.59 Å². The molecule has 0 radical (unpaired) electrons. The predicted molar refractivity (Wildman–Crippen MR) is 48.4 cm³/mol. The number of hydrogen-bond donors (Lipinski definition) is 2. The van der Waals surface area contributed by atoms with Crippen LogP contribution >= 0.6 is 7.51 Å². The van der Waals surface area contributed by atoms with Crippen LogP contribution in [-0.4, -0.2) is 49.1 Å². The first-order chi connectivity index (χ1) is 6.39. The molecule has 0 rings (SSSR count). The van der Waals surface area contributed by atoms with Gasteiger partial charge in [0.1, 0.15) is 0 Å². The van der Waals surface area contributed by atoms with E-state index in [-0.39, 0.29) is 0 Å². The number of rotatable bonds is 6. The van der Waals surface area contributed by atoms with Crippen LogP contribution in [0.5, 0.6) is 0 Å². The largest absolute Gasteiger partial charge is 0.480 e. The maximum Gasteiger partial charge on any atom is 0.330 e. The molecule has 82 valence electrons. The minimum atomic E-state index is -2.69. The Morgan fingerprint density at radius 2 is 1.57 bits per heavy atom. The Balaban J connectivity index is 4.20. The van der Waals surface area contributed by atoms with Gasteiger partial charge < -0.3 is 19.3 Å². The molecule has 0 aromatic heterocycles. The Kier molecular flexibility index (Phi) is 5.37. The van der Waals surface area contributed by atoms with E-state index < -0.39 is 32.7 Å². The van der Waals surface area contributed by atoms with Crippen LogP contribution in [0, 0.1) is 0 Å². The lowest BCUT2D eigenvalue weighted by Crippen LogP contribution is -2.10. The van der Waals surface area contributed by atoms with Crippen molar-refractivity contribution in [3.05, 3.63) is 0 Å². The summed E-state index contributed by atoms with van der Waals surface area (Å²) < 4.78 is 13.4. The van der Waals surface area contributed by atoms with Crippen LogP contribution in [0.3, 0.4) is 0 Å². The molecule has 0 fully saturated rings. The third-order valence-electron chi connectivity index (χ3n) is 1.22. The molecule has 0 atom stereocenters. The summed E-state index contributed by atoms with van der Waals surface area (Å²) in [4.78, 5) is 20.4. The van der Waals surface area contributed by atoms with E-state index in [1.165, 1.54) is 13.7 Å². The van der Waals surface area contributed by atoms with Crippen molar-refractivity contribution in [1.29, 1.82) is 0 Å². The number of carboxylic acids is 2. The molecule has 7 nitrogen and oxygen atoms in total. The molecule has 0 spiro atoms. The third-order valence-corrected chi connectivity index (χ3v) is 3.16. The van der Waals surface area contributed by atoms with E-state index in [0.29, 0.717) is 0 Å². The van der Waals surface area contributed by atoms with Gasteiger partial charge in [-0.1, -0.05) is 0 Å². The average molecular weight is 225 g/mol. The van der Waals surface area contributed by atoms with Crippen molar-refractivity contribution in [2.24, 2.45) is 4.74 Å². The van der Waals surface area contributed by atoms with E-state index >= 15 is 0 Å². The summed E-state index contributed by atoms with van der Waals surface area (Å²) in [7, 11) is -1.31. The second-order valence-corrected chi connectivity index (χ2v) is 4.86. The maximum absolute atomic E-state index is 10.2. The lowest BCUT2D eigenvalue weighted by Gasteiger charge is -2.17. The summed E-state index contributed by atoms with van der Waals surface area (Å²) in [6.45, 7) is 0.335. The van der Waals surface area contributed by atoms with Crippen LogP contribution in [-0.2, 0) is 18.6 Å². The first-order valence-electron chi connectivity index (χ1n) is 3.60. The summed E-state index contributed by atoms with van der Waals surface area (Å²) in [6.07, 6.45) is 0. The summed E-state index contributed by atoms with van der Waals surface area (Å²) in [5, 5.41) is 16.7. The standard InChI is InChI=1S/C6H12NO6P/c1-7-14(2,12-3-5(8)9)13-4-6(10)11/h3-4H2,1-2H3,(H,8,9)(H,10,11). The van der Waals surface area contributed by atoms with Gasteiger partial charge in [-0.25, -0.2) is 9.59 Å². The zero-order valence-electron chi connectivity index (χ0n) is 7.84. The smallest absolute Gasteiger partial charge is 0.330 e. The lowest BCUT2D eigenvalue weighted by atomic mass is 10.8. The van der Waals surface area contributed by atoms with Gasteiger partial charge in [-0.3, -0.25) is 4.74 Å². The molecule has 0 aliphatic rings. The number of carboxylic acid groups (broad SMARTS) is 2. The topological polar surface area (TPSA) is 105 Å². The molecule has 8 heteroatoms. The van der Waals surface area contributed by atoms with Crippen LogP contribution < -0.4 is 0 Å². The molecule has 0 aliphatic carbocycles. The monoisotopic (exact) mass is 225 g/mol. The van der Waals surface area contributed by atoms with Gasteiger partial charge in [0.25, 0.3) is 0 Å². The molecular weight excluding hydrogens is 213 g/mol. The van der Waals surface area contributed by atoms with Crippen molar-refractivity contribution in [3.8, 4) is 0 Å². The van der Waals surface area contributed by atoms with Gasteiger partial charge in [-0.15, -0.1) is 0 Å². The molecule has 0 aliphatic heterocycles.